The Morgan fingerprint density at radius 3 is 2.90 bits per heavy atom. The average Bonchev–Trinajstić information content (AvgIpc) is 2.85. The molecule has 2 N–H and O–H groups in total. The second kappa shape index (κ2) is 6.48. The van der Waals surface area contributed by atoms with E-state index in [2.05, 4.69) is 19.9 Å². The molecule has 0 saturated heterocycles. The minimum atomic E-state index is -0.834. The number of methoxy groups -OCH3 is 1. The molecule has 0 amide bonds. The zero-order chi connectivity index (χ0) is 15.5. The molecule has 0 heterocycles. The first kappa shape index (κ1) is 15.8. The molecule has 21 heavy (non-hydrogen) atoms. The highest BCUT2D eigenvalue weighted by atomic mass is 16.5. The maximum Gasteiger partial charge on any atom is 0.326 e. The molecule has 116 valence electrons. The van der Waals surface area contributed by atoms with Crippen LogP contribution in [0, 0.1) is 19.8 Å². The third-order valence-corrected chi connectivity index (χ3v) is 4.72. The normalized spacial score (nSPS) is 24.9. The van der Waals surface area contributed by atoms with Crippen LogP contribution in [-0.4, -0.2) is 25.2 Å². The van der Waals surface area contributed by atoms with E-state index in [-0.39, 0.29) is 11.9 Å². The van der Waals surface area contributed by atoms with E-state index < -0.39 is 5.54 Å². The van der Waals surface area contributed by atoms with Crippen LogP contribution in [0.2, 0.25) is 0 Å². The molecule has 2 atom stereocenters. The number of esters is 1. The van der Waals surface area contributed by atoms with Gasteiger partial charge in [0.2, 0.25) is 0 Å². The number of hydrogen-bond acceptors (Lipinski definition) is 4. The lowest BCUT2D eigenvalue weighted by molar-refractivity contribution is -0.148. The van der Waals surface area contributed by atoms with E-state index in [1.807, 2.05) is 12.1 Å². The fourth-order valence-corrected chi connectivity index (χ4v) is 3.15. The largest absolute Gasteiger partial charge is 0.493 e. The van der Waals surface area contributed by atoms with E-state index in [0.29, 0.717) is 13.0 Å². The number of aryl methyl sites for hydroxylation is 1. The number of carbonyl (C=O) groups is 1. The SMILES string of the molecule is COC(=O)C1(N)CCCC1CCOc1cccc(C)c1C. The fraction of sp³-hybridized carbons (Fsp3) is 0.588. The summed E-state index contributed by atoms with van der Waals surface area (Å²) >= 11 is 0. The van der Waals surface area contributed by atoms with Crippen LogP contribution in [0.3, 0.4) is 0 Å². The van der Waals surface area contributed by atoms with Crippen LogP contribution in [0.1, 0.15) is 36.8 Å². The van der Waals surface area contributed by atoms with Gasteiger partial charge in [0.1, 0.15) is 11.3 Å². The Hall–Kier alpha value is -1.55. The average molecular weight is 291 g/mol. The Morgan fingerprint density at radius 2 is 2.19 bits per heavy atom. The molecule has 0 bridgehead atoms. The van der Waals surface area contributed by atoms with Gasteiger partial charge in [-0.3, -0.25) is 4.79 Å². The summed E-state index contributed by atoms with van der Waals surface area (Å²) in [6, 6.07) is 6.04. The molecule has 1 aromatic rings. The van der Waals surface area contributed by atoms with Crippen molar-refractivity contribution in [3.63, 3.8) is 0 Å². The van der Waals surface area contributed by atoms with E-state index in [1.165, 1.54) is 12.7 Å². The number of carbonyl (C=O) groups excluding carboxylic acids is 1. The molecular weight excluding hydrogens is 266 g/mol. The second-order valence-corrected chi connectivity index (χ2v) is 5.96. The quantitative estimate of drug-likeness (QED) is 0.847. The van der Waals surface area contributed by atoms with E-state index in [0.717, 1.165) is 30.6 Å². The fourth-order valence-electron chi connectivity index (χ4n) is 3.15. The Bertz CT molecular complexity index is 515. The van der Waals surface area contributed by atoms with Gasteiger partial charge in [0.25, 0.3) is 0 Å². The van der Waals surface area contributed by atoms with Crippen molar-refractivity contribution in [1.29, 1.82) is 0 Å². The van der Waals surface area contributed by atoms with Crippen molar-refractivity contribution < 1.29 is 14.3 Å². The molecule has 4 nitrogen and oxygen atoms in total. The summed E-state index contributed by atoms with van der Waals surface area (Å²) in [5.41, 5.74) is 7.81. The molecule has 1 aliphatic carbocycles. The van der Waals surface area contributed by atoms with Crippen molar-refractivity contribution in [1.82, 2.24) is 0 Å². The zero-order valence-electron chi connectivity index (χ0n) is 13.1. The molecule has 1 fully saturated rings. The van der Waals surface area contributed by atoms with Gasteiger partial charge in [0.05, 0.1) is 13.7 Å². The molecule has 4 heteroatoms. The van der Waals surface area contributed by atoms with Gasteiger partial charge < -0.3 is 15.2 Å². The van der Waals surface area contributed by atoms with Crippen LogP contribution in [0.5, 0.6) is 5.75 Å². The van der Waals surface area contributed by atoms with E-state index >= 15 is 0 Å². The van der Waals surface area contributed by atoms with Gasteiger partial charge in [-0.25, -0.2) is 0 Å². The molecule has 2 unspecified atom stereocenters. The highest BCUT2D eigenvalue weighted by molar-refractivity contribution is 5.81. The monoisotopic (exact) mass is 291 g/mol. The van der Waals surface area contributed by atoms with Crippen molar-refractivity contribution in [2.24, 2.45) is 11.7 Å². The van der Waals surface area contributed by atoms with Gasteiger partial charge in [-0.1, -0.05) is 18.6 Å². The highest BCUT2D eigenvalue weighted by Crippen LogP contribution is 2.37. The number of ether oxygens (including phenoxy) is 2. The first-order chi connectivity index (χ1) is 9.99. The maximum absolute atomic E-state index is 11.9. The maximum atomic E-state index is 11.9. The standard InChI is InChI=1S/C17H25NO3/c1-12-6-4-8-15(13(12)2)21-11-9-14-7-5-10-17(14,18)16(19)20-3/h4,6,8,14H,5,7,9-11,18H2,1-3H3. The minimum Gasteiger partial charge on any atom is -0.493 e. The Labute approximate surface area is 126 Å². The summed E-state index contributed by atoms with van der Waals surface area (Å²) in [6.45, 7) is 4.70. The van der Waals surface area contributed by atoms with Gasteiger partial charge in [-0.15, -0.1) is 0 Å². The summed E-state index contributed by atoms with van der Waals surface area (Å²) < 4.78 is 10.7. The first-order valence-electron chi connectivity index (χ1n) is 7.55. The lowest BCUT2D eigenvalue weighted by atomic mass is 9.86. The molecule has 1 aromatic carbocycles. The van der Waals surface area contributed by atoms with Crippen molar-refractivity contribution in [3.05, 3.63) is 29.3 Å². The molecule has 0 aromatic heterocycles. The van der Waals surface area contributed by atoms with E-state index in [9.17, 15) is 4.79 Å². The van der Waals surface area contributed by atoms with Crippen molar-refractivity contribution in [3.8, 4) is 5.75 Å². The molecule has 0 spiro atoms. The van der Waals surface area contributed by atoms with Gasteiger partial charge in [-0.2, -0.15) is 0 Å². The topological polar surface area (TPSA) is 61.5 Å². The Kier molecular flexibility index (Phi) is 4.88. The lowest BCUT2D eigenvalue weighted by Crippen LogP contribution is -2.52. The number of rotatable bonds is 5. The minimum absolute atomic E-state index is 0.134. The molecule has 0 aliphatic heterocycles. The number of benzene rings is 1. The predicted octanol–water partition coefficient (Wildman–Crippen LogP) is 2.74. The molecule has 1 saturated carbocycles. The van der Waals surface area contributed by atoms with Gasteiger partial charge >= 0.3 is 5.97 Å². The van der Waals surface area contributed by atoms with E-state index in [4.69, 9.17) is 15.2 Å². The van der Waals surface area contributed by atoms with Gasteiger partial charge in [-0.05, 0) is 56.2 Å². The van der Waals surface area contributed by atoms with E-state index in [1.54, 1.807) is 0 Å². The third kappa shape index (κ3) is 3.21. The smallest absolute Gasteiger partial charge is 0.326 e. The predicted molar refractivity (Wildman–Crippen MR) is 82.3 cm³/mol. The lowest BCUT2D eigenvalue weighted by Gasteiger charge is -2.28. The van der Waals surface area contributed by atoms with Crippen molar-refractivity contribution in [2.45, 2.75) is 45.1 Å². The zero-order valence-corrected chi connectivity index (χ0v) is 13.1. The van der Waals surface area contributed by atoms with Crippen molar-refractivity contribution >= 4 is 5.97 Å². The van der Waals surface area contributed by atoms with Gasteiger partial charge in [0, 0.05) is 0 Å². The summed E-state index contributed by atoms with van der Waals surface area (Å²) in [5, 5.41) is 0. The summed E-state index contributed by atoms with van der Waals surface area (Å²) in [4.78, 5) is 11.9. The van der Waals surface area contributed by atoms with Crippen LogP contribution in [0.25, 0.3) is 0 Å². The highest BCUT2D eigenvalue weighted by Gasteiger charge is 2.46. The third-order valence-electron chi connectivity index (χ3n) is 4.72. The van der Waals surface area contributed by atoms with Crippen LogP contribution in [-0.2, 0) is 9.53 Å². The second-order valence-electron chi connectivity index (χ2n) is 5.96. The first-order valence-corrected chi connectivity index (χ1v) is 7.55. The molecular formula is C17H25NO3. The van der Waals surface area contributed by atoms with Crippen LogP contribution < -0.4 is 10.5 Å². The molecule has 0 radical (unpaired) electrons. The van der Waals surface area contributed by atoms with Crippen LogP contribution in [0.4, 0.5) is 0 Å². The Morgan fingerprint density at radius 1 is 1.43 bits per heavy atom. The number of hydrogen-bond donors (Lipinski definition) is 1. The van der Waals surface area contributed by atoms with Gasteiger partial charge in [0.15, 0.2) is 0 Å². The molecule has 1 aliphatic rings. The van der Waals surface area contributed by atoms with Crippen molar-refractivity contribution in [2.75, 3.05) is 13.7 Å². The summed E-state index contributed by atoms with van der Waals surface area (Å²) in [5.74, 6) is 0.750. The summed E-state index contributed by atoms with van der Waals surface area (Å²) in [6.07, 6.45) is 3.41. The Balaban J connectivity index is 1.94. The van der Waals surface area contributed by atoms with Crippen LogP contribution >= 0.6 is 0 Å². The van der Waals surface area contributed by atoms with Crippen LogP contribution in [0.15, 0.2) is 18.2 Å². The summed E-state index contributed by atoms with van der Waals surface area (Å²) in [7, 11) is 1.40. The molecule has 2 rings (SSSR count). The number of nitrogens with two attached hydrogens (primary N) is 1.